The van der Waals surface area contributed by atoms with E-state index in [4.69, 9.17) is 24.4 Å². The van der Waals surface area contributed by atoms with Crippen LogP contribution in [-0.4, -0.2) is 76.3 Å². The largest absolute Gasteiger partial charge is 0.400 e. The summed E-state index contributed by atoms with van der Waals surface area (Å²) in [6, 6.07) is 0. The molecule has 1 fully saturated rings. The van der Waals surface area contributed by atoms with Gasteiger partial charge in [-0.1, -0.05) is 12.2 Å². The third-order valence-electron chi connectivity index (χ3n) is 1.85. The second-order valence-corrected chi connectivity index (χ2v) is 3.72. The molecule has 0 aliphatic carbocycles. The van der Waals surface area contributed by atoms with Gasteiger partial charge >= 0.3 is 0 Å². The molecule has 1 aliphatic heterocycles. The van der Waals surface area contributed by atoms with E-state index in [1.165, 1.54) is 7.11 Å². The van der Waals surface area contributed by atoms with Crippen molar-refractivity contribution in [3.8, 4) is 0 Å². The quantitative estimate of drug-likeness (QED) is 0.344. The van der Waals surface area contributed by atoms with E-state index in [-0.39, 0.29) is 0 Å². The van der Waals surface area contributed by atoms with Gasteiger partial charge in [0.05, 0.1) is 39.6 Å². The van der Waals surface area contributed by atoms with Gasteiger partial charge in [-0.2, -0.15) is 0 Å². The van der Waals surface area contributed by atoms with Crippen LogP contribution in [0.1, 0.15) is 0 Å². The van der Waals surface area contributed by atoms with Crippen LogP contribution in [0.15, 0.2) is 25.3 Å². The lowest BCUT2D eigenvalue weighted by molar-refractivity contribution is 0.00121. The summed E-state index contributed by atoms with van der Waals surface area (Å²) in [4.78, 5) is 0. The Labute approximate surface area is 121 Å². The molecule has 1 aliphatic rings. The standard InChI is InChI=1S/C7H14O3.C6H10O2.CH4O/c1-3-4-10-6-7(8)5-9-2;1-2-3-7-4-6-5-8-6;1-2/h3,7-8H,1,4-6H2,2H3;2,6H,1,3-5H2;2H,1H3. The maximum atomic E-state index is 8.99. The lowest BCUT2D eigenvalue weighted by Crippen LogP contribution is -2.20. The van der Waals surface area contributed by atoms with Crippen LogP contribution in [0.2, 0.25) is 0 Å². The Morgan fingerprint density at radius 2 is 1.75 bits per heavy atom. The van der Waals surface area contributed by atoms with Crippen molar-refractivity contribution in [1.82, 2.24) is 0 Å². The molecule has 20 heavy (non-hydrogen) atoms. The van der Waals surface area contributed by atoms with E-state index in [1.807, 2.05) is 0 Å². The van der Waals surface area contributed by atoms with Crippen LogP contribution in [0, 0.1) is 0 Å². The summed E-state index contributed by atoms with van der Waals surface area (Å²) in [5.41, 5.74) is 0. The summed E-state index contributed by atoms with van der Waals surface area (Å²) >= 11 is 0. The number of hydrogen-bond donors (Lipinski definition) is 2. The van der Waals surface area contributed by atoms with Gasteiger partial charge < -0.3 is 29.2 Å². The fraction of sp³-hybridized carbons (Fsp3) is 0.714. The zero-order chi connectivity index (χ0) is 15.6. The Morgan fingerprint density at radius 1 is 1.20 bits per heavy atom. The monoisotopic (exact) mass is 292 g/mol. The molecule has 0 aromatic heterocycles. The molecule has 1 heterocycles. The molecule has 1 saturated heterocycles. The molecule has 6 heteroatoms. The first kappa shape index (κ1) is 21.5. The fourth-order valence-electron chi connectivity index (χ4n) is 0.975. The molecule has 0 amide bonds. The summed E-state index contributed by atoms with van der Waals surface area (Å²) in [5.74, 6) is 0. The first-order valence-corrected chi connectivity index (χ1v) is 6.35. The van der Waals surface area contributed by atoms with E-state index in [9.17, 15) is 0 Å². The topological polar surface area (TPSA) is 80.7 Å². The Morgan fingerprint density at radius 3 is 2.20 bits per heavy atom. The highest BCUT2D eigenvalue weighted by molar-refractivity contribution is 4.70. The van der Waals surface area contributed by atoms with Crippen molar-refractivity contribution in [3.63, 3.8) is 0 Å². The predicted octanol–water partition coefficient (Wildman–Crippen LogP) is 0.393. The molecular weight excluding hydrogens is 264 g/mol. The van der Waals surface area contributed by atoms with E-state index < -0.39 is 6.10 Å². The van der Waals surface area contributed by atoms with Gasteiger partial charge in [-0.3, -0.25) is 0 Å². The van der Waals surface area contributed by atoms with E-state index >= 15 is 0 Å². The zero-order valence-corrected chi connectivity index (χ0v) is 12.5. The van der Waals surface area contributed by atoms with Crippen LogP contribution in [0.3, 0.4) is 0 Å². The molecule has 1 rings (SSSR count). The van der Waals surface area contributed by atoms with Crippen molar-refractivity contribution in [2.45, 2.75) is 12.2 Å². The molecule has 0 bridgehead atoms. The SMILES string of the molecule is C=CCOCC(O)COC.C=CCOCC1CO1.CO. The number of aliphatic hydroxyl groups is 2. The third-order valence-corrected chi connectivity index (χ3v) is 1.85. The summed E-state index contributed by atoms with van der Waals surface area (Å²) in [6.45, 7) is 10.3. The summed E-state index contributed by atoms with van der Waals surface area (Å²) in [6.07, 6.45) is 3.24. The molecule has 2 unspecified atom stereocenters. The van der Waals surface area contributed by atoms with Crippen LogP contribution in [0.4, 0.5) is 0 Å². The molecule has 0 aromatic rings. The van der Waals surface area contributed by atoms with E-state index in [0.717, 1.165) is 20.3 Å². The fourth-order valence-corrected chi connectivity index (χ4v) is 0.975. The lowest BCUT2D eigenvalue weighted by atomic mass is 10.4. The van der Waals surface area contributed by atoms with Gasteiger partial charge in [-0.15, -0.1) is 13.2 Å². The minimum atomic E-state index is -0.523. The van der Waals surface area contributed by atoms with Gasteiger partial charge in [-0.25, -0.2) is 0 Å². The van der Waals surface area contributed by atoms with Gasteiger partial charge in [0.15, 0.2) is 0 Å². The molecule has 0 aromatic carbocycles. The van der Waals surface area contributed by atoms with Crippen LogP contribution < -0.4 is 0 Å². The molecule has 0 saturated carbocycles. The highest BCUT2D eigenvalue weighted by Gasteiger charge is 2.21. The first-order chi connectivity index (χ1) is 9.74. The Hall–Kier alpha value is -0.760. The highest BCUT2D eigenvalue weighted by Crippen LogP contribution is 2.07. The molecule has 6 nitrogen and oxygen atoms in total. The van der Waals surface area contributed by atoms with Crippen molar-refractivity contribution in [2.24, 2.45) is 0 Å². The molecule has 2 atom stereocenters. The Bertz CT molecular complexity index is 206. The molecule has 2 N–H and O–H groups in total. The van der Waals surface area contributed by atoms with Crippen molar-refractivity contribution < 1.29 is 29.2 Å². The smallest absolute Gasteiger partial charge is 0.104 e. The number of hydrogen-bond acceptors (Lipinski definition) is 6. The normalized spacial score (nSPS) is 16.9. The summed E-state index contributed by atoms with van der Waals surface area (Å²) < 4.78 is 19.6. The summed E-state index contributed by atoms with van der Waals surface area (Å²) in [7, 11) is 2.54. The van der Waals surface area contributed by atoms with E-state index in [0.29, 0.717) is 32.5 Å². The summed E-state index contributed by atoms with van der Waals surface area (Å²) in [5, 5.41) is 16.0. The number of rotatable bonds is 10. The van der Waals surface area contributed by atoms with Crippen molar-refractivity contribution >= 4 is 0 Å². The minimum Gasteiger partial charge on any atom is -0.400 e. The molecular formula is C14H28O6. The molecule has 0 radical (unpaired) electrons. The van der Waals surface area contributed by atoms with Crippen LogP contribution in [-0.2, 0) is 18.9 Å². The van der Waals surface area contributed by atoms with E-state index in [1.54, 1.807) is 12.2 Å². The van der Waals surface area contributed by atoms with Crippen molar-refractivity contribution in [1.29, 1.82) is 0 Å². The lowest BCUT2D eigenvalue weighted by Gasteiger charge is -2.07. The maximum absolute atomic E-state index is 8.99. The van der Waals surface area contributed by atoms with Crippen LogP contribution in [0.25, 0.3) is 0 Å². The van der Waals surface area contributed by atoms with Gasteiger partial charge in [0.2, 0.25) is 0 Å². The van der Waals surface area contributed by atoms with Crippen LogP contribution in [0.5, 0.6) is 0 Å². The third kappa shape index (κ3) is 19.6. The first-order valence-electron chi connectivity index (χ1n) is 6.35. The highest BCUT2D eigenvalue weighted by atomic mass is 16.6. The second-order valence-electron chi connectivity index (χ2n) is 3.72. The molecule has 0 spiro atoms. The van der Waals surface area contributed by atoms with Gasteiger partial charge in [0.1, 0.15) is 12.2 Å². The minimum absolute atomic E-state index is 0.305. The zero-order valence-electron chi connectivity index (χ0n) is 12.5. The van der Waals surface area contributed by atoms with Gasteiger partial charge in [0.25, 0.3) is 0 Å². The average molecular weight is 292 g/mol. The Kier molecular flexibility index (Phi) is 19.6. The second kappa shape index (κ2) is 18.2. The number of aliphatic hydroxyl groups excluding tert-OH is 2. The van der Waals surface area contributed by atoms with Crippen molar-refractivity contribution in [3.05, 3.63) is 25.3 Å². The Balaban J connectivity index is 0. The van der Waals surface area contributed by atoms with E-state index in [2.05, 4.69) is 17.9 Å². The van der Waals surface area contributed by atoms with Crippen LogP contribution >= 0.6 is 0 Å². The number of epoxide rings is 1. The van der Waals surface area contributed by atoms with Gasteiger partial charge in [-0.05, 0) is 0 Å². The predicted molar refractivity (Wildman–Crippen MR) is 77.8 cm³/mol. The maximum Gasteiger partial charge on any atom is 0.104 e. The average Bonchev–Trinajstić information content (AvgIpc) is 3.27. The number of ether oxygens (including phenoxy) is 4. The van der Waals surface area contributed by atoms with Gasteiger partial charge in [0, 0.05) is 14.2 Å². The number of methoxy groups -OCH3 is 1. The van der Waals surface area contributed by atoms with Crippen molar-refractivity contribution in [2.75, 3.05) is 53.9 Å². The molecule has 120 valence electrons.